The van der Waals surface area contributed by atoms with Gasteiger partial charge in [0, 0.05) is 6.04 Å². The third-order valence-corrected chi connectivity index (χ3v) is 2.43. The van der Waals surface area contributed by atoms with Gasteiger partial charge in [-0.3, -0.25) is 0 Å². The molecule has 0 radical (unpaired) electrons. The number of rotatable bonds is 2. The van der Waals surface area contributed by atoms with Crippen molar-refractivity contribution in [3.05, 3.63) is 0 Å². The summed E-state index contributed by atoms with van der Waals surface area (Å²) in [5, 5.41) is 3.47. The largest absolute Gasteiger partial charge is 0.314 e. The first-order valence-corrected chi connectivity index (χ1v) is 4.56. The van der Waals surface area contributed by atoms with E-state index >= 15 is 0 Å². The van der Waals surface area contributed by atoms with E-state index in [0.29, 0.717) is 0 Å². The molecule has 0 aliphatic carbocycles. The van der Waals surface area contributed by atoms with Crippen LogP contribution in [0.4, 0.5) is 0 Å². The highest BCUT2D eigenvalue weighted by atomic mass is 14.9. The van der Waals surface area contributed by atoms with Crippen LogP contribution in [-0.4, -0.2) is 12.6 Å². The van der Waals surface area contributed by atoms with E-state index in [1.165, 1.54) is 32.2 Å². The van der Waals surface area contributed by atoms with Crippen LogP contribution in [0.2, 0.25) is 0 Å². The number of hydrogen-bond donors (Lipinski definition) is 1. The molecule has 2 atom stereocenters. The van der Waals surface area contributed by atoms with Gasteiger partial charge in [0.2, 0.25) is 0 Å². The summed E-state index contributed by atoms with van der Waals surface area (Å²) >= 11 is 0. The normalized spacial score (nSPS) is 34.2. The molecule has 1 heteroatoms. The molecule has 60 valence electrons. The lowest BCUT2D eigenvalue weighted by Crippen LogP contribution is -2.35. The second kappa shape index (κ2) is 3.97. The Labute approximate surface area is 64.2 Å². The lowest BCUT2D eigenvalue weighted by Gasteiger charge is -2.27. The average Bonchev–Trinajstić information content (AvgIpc) is 1.88. The van der Waals surface area contributed by atoms with Crippen molar-refractivity contribution >= 4 is 0 Å². The van der Waals surface area contributed by atoms with Crippen LogP contribution in [0.15, 0.2) is 0 Å². The maximum atomic E-state index is 3.47. The first-order chi connectivity index (χ1) is 4.83. The van der Waals surface area contributed by atoms with Crippen LogP contribution < -0.4 is 5.32 Å². The summed E-state index contributed by atoms with van der Waals surface area (Å²) in [5.74, 6) is 1.02. The maximum absolute atomic E-state index is 3.47. The molecule has 1 nitrogen and oxygen atoms in total. The van der Waals surface area contributed by atoms with Crippen molar-refractivity contribution in [2.75, 3.05) is 6.54 Å². The van der Waals surface area contributed by atoms with Crippen molar-refractivity contribution in [1.29, 1.82) is 0 Å². The minimum atomic E-state index is 0.769. The number of piperidine rings is 1. The quantitative estimate of drug-likeness (QED) is 0.621. The molecule has 1 rings (SSSR count). The van der Waals surface area contributed by atoms with E-state index < -0.39 is 0 Å². The van der Waals surface area contributed by atoms with Gasteiger partial charge >= 0.3 is 0 Å². The van der Waals surface area contributed by atoms with E-state index in [4.69, 9.17) is 0 Å². The Morgan fingerprint density at radius 1 is 1.50 bits per heavy atom. The Bertz CT molecular complexity index is 88.7. The Morgan fingerprint density at radius 3 is 2.90 bits per heavy atom. The summed E-state index contributed by atoms with van der Waals surface area (Å²) in [5.41, 5.74) is 0. The average molecular weight is 141 g/mol. The molecule has 1 fully saturated rings. The molecule has 10 heavy (non-hydrogen) atoms. The van der Waals surface area contributed by atoms with Crippen molar-refractivity contribution in [2.24, 2.45) is 5.92 Å². The molecule has 0 aromatic rings. The fourth-order valence-electron chi connectivity index (χ4n) is 1.91. The van der Waals surface area contributed by atoms with Crippen LogP contribution in [0.25, 0.3) is 0 Å². The van der Waals surface area contributed by atoms with E-state index in [1.54, 1.807) is 0 Å². The van der Waals surface area contributed by atoms with Crippen LogP contribution in [0.3, 0.4) is 0 Å². The highest BCUT2D eigenvalue weighted by Gasteiger charge is 2.16. The molecule has 0 saturated carbocycles. The molecule has 0 aromatic carbocycles. The molecule has 0 amide bonds. The molecule has 0 bridgehead atoms. The second-order valence-corrected chi connectivity index (χ2v) is 3.53. The van der Waals surface area contributed by atoms with Crippen molar-refractivity contribution in [2.45, 2.75) is 45.6 Å². The van der Waals surface area contributed by atoms with E-state index in [9.17, 15) is 0 Å². The molecular weight excluding hydrogens is 122 g/mol. The zero-order valence-corrected chi connectivity index (χ0v) is 7.19. The van der Waals surface area contributed by atoms with Gasteiger partial charge in [0.1, 0.15) is 0 Å². The fraction of sp³-hybridized carbons (Fsp3) is 1.00. The molecule has 0 spiro atoms. The van der Waals surface area contributed by atoms with Gasteiger partial charge in [0.25, 0.3) is 0 Å². The third-order valence-electron chi connectivity index (χ3n) is 2.43. The summed E-state index contributed by atoms with van der Waals surface area (Å²) in [7, 11) is 0. The lowest BCUT2D eigenvalue weighted by molar-refractivity contribution is 0.299. The number of nitrogens with one attached hydrogen (secondary N) is 1. The van der Waals surface area contributed by atoms with Gasteiger partial charge in [-0.25, -0.2) is 0 Å². The Kier molecular flexibility index (Phi) is 3.20. The smallest absolute Gasteiger partial charge is 0.00413 e. The molecule has 1 aliphatic heterocycles. The Morgan fingerprint density at radius 2 is 2.30 bits per heavy atom. The molecule has 0 aromatic heterocycles. The van der Waals surface area contributed by atoms with Gasteiger partial charge in [-0.1, -0.05) is 19.8 Å². The van der Waals surface area contributed by atoms with Crippen LogP contribution in [0.5, 0.6) is 0 Å². The minimum absolute atomic E-state index is 0.769. The van der Waals surface area contributed by atoms with Crippen molar-refractivity contribution < 1.29 is 0 Å². The molecule has 1 aliphatic rings. The third kappa shape index (κ3) is 2.30. The van der Waals surface area contributed by atoms with Crippen molar-refractivity contribution in [3.63, 3.8) is 0 Å². The predicted molar refractivity (Wildman–Crippen MR) is 45.1 cm³/mol. The molecule has 1 N–H and O–H groups in total. The summed E-state index contributed by atoms with van der Waals surface area (Å²) < 4.78 is 0. The summed E-state index contributed by atoms with van der Waals surface area (Å²) in [6.45, 7) is 5.82. The van der Waals surface area contributed by atoms with Gasteiger partial charge < -0.3 is 5.32 Å². The first-order valence-electron chi connectivity index (χ1n) is 4.56. The van der Waals surface area contributed by atoms with Gasteiger partial charge in [-0.05, 0) is 32.2 Å². The van der Waals surface area contributed by atoms with Gasteiger partial charge in [-0.2, -0.15) is 0 Å². The molecular formula is C9H19N. The summed E-state index contributed by atoms with van der Waals surface area (Å²) in [4.78, 5) is 0. The zero-order valence-electron chi connectivity index (χ0n) is 7.19. The lowest BCUT2D eigenvalue weighted by atomic mass is 9.90. The molecule has 1 saturated heterocycles. The number of hydrogen-bond acceptors (Lipinski definition) is 1. The topological polar surface area (TPSA) is 12.0 Å². The summed E-state index contributed by atoms with van der Waals surface area (Å²) in [6.07, 6.45) is 5.59. The predicted octanol–water partition coefficient (Wildman–Crippen LogP) is 2.17. The van der Waals surface area contributed by atoms with Crippen LogP contribution in [0, 0.1) is 5.92 Å². The van der Waals surface area contributed by atoms with E-state index in [-0.39, 0.29) is 0 Å². The van der Waals surface area contributed by atoms with Crippen LogP contribution in [0.1, 0.15) is 39.5 Å². The van der Waals surface area contributed by atoms with Gasteiger partial charge in [0.15, 0.2) is 0 Å². The highest BCUT2D eigenvalue weighted by molar-refractivity contribution is 4.74. The molecule has 1 heterocycles. The van der Waals surface area contributed by atoms with Gasteiger partial charge in [-0.15, -0.1) is 0 Å². The monoisotopic (exact) mass is 141 g/mol. The van der Waals surface area contributed by atoms with E-state index in [1.807, 2.05) is 0 Å². The maximum Gasteiger partial charge on any atom is 0.00413 e. The van der Waals surface area contributed by atoms with Crippen LogP contribution in [-0.2, 0) is 0 Å². The molecule has 0 unspecified atom stereocenters. The second-order valence-electron chi connectivity index (χ2n) is 3.53. The standard InChI is InChI=1S/C9H19N/c1-3-4-9-5-6-10-8(2)7-9/h8-10H,3-7H2,1-2H3/t8-,9+/m0/s1. The fourth-order valence-corrected chi connectivity index (χ4v) is 1.91. The first kappa shape index (κ1) is 8.06. The minimum Gasteiger partial charge on any atom is -0.314 e. The van der Waals surface area contributed by atoms with Crippen molar-refractivity contribution in [1.82, 2.24) is 5.32 Å². The van der Waals surface area contributed by atoms with Gasteiger partial charge in [0.05, 0.1) is 0 Å². The SMILES string of the molecule is CCC[C@@H]1CCN[C@@H](C)C1. The Hall–Kier alpha value is -0.0400. The van der Waals surface area contributed by atoms with Crippen molar-refractivity contribution in [3.8, 4) is 0 Å². The summed E-state index contributed by atoms with van der Waals surface area (Å²) in [6, 6.07) is 0.769. The van der Waals surface area contributed by atoms with Crippen LogP contribution >= 0.6 is 0 Å². The van der Waals surface area contributed by atoms with E-state index in [2.05, 4.69) is 19.2 Å². The zero-order chi connectivity index (χ0) is 7.40. The highest BCUT2D eigenvalue weighted by Crippen LogP contribution is 2.20. The Balaban J connectivity index is 2.18. The van der Waals surface area contributed by atoms with E-state index in [0.717, 1.165) is 12.0 Å².